The number of carbonyl (C=O) groups is 1. The van der Waals surface area contributed by atoms with Gasteiger partial charge in [0.1, 0.15) is 16.1 Å². The molecule has 1 spiro atoms. The van der Waals surface area contributed by atoms with Crippen molar-refractivity contribution in [2.75, 3.05) is 13.7 Å². The highest BCUT2D eigenvalue weighted by Crippen LogP contribution is 2.79. The van der Waals surface area contributed by atoms with Crippen molar-refractivity contribution in [1.29, 1.82) is 0 Å². The summed E-state index contributed by atoms with van der Waals surface area (Å²) in [5.74, 6) is -1.71. The van der Waals surface area contributed by atoms with Gasteiger partial charge in [-0.05, 0) is 43.9 Å². The Kier molecular flexibility index (Phi) is 4.20. The number of hydrogen-bond acceptors (Lipinski definition) is 6. The SMILES string of the molecule is COC12OCC3(C)C4=CC[C@@H](C)C4(C1=O)C(Br)=C(OS(=O)(=O)c1ccc(C)cc1)C32C. The van der Waals surface area contributed by atoms with Gasteiger partial charge in [-0.25, -0.2) is 0 Å². The van der Waals surface area contributed by atoms with Gasteiger partial charge in [-0.2, -0.15) is 8.42 Å². The van der Waals surface area contributed by atoms with Gasteiger partial charge in [-0.15, -0.1) is 0 Å². The number of ketones is 1. The van der Waals surface area contributed by atoms with Crippen LogP contribution >= 0.6 is 15.9 Å². The van der Waals surface area contributed by atoms with Crippen molar-refractivity contribution in [2.45, 2.75) is 44.8 Å². The molecule has 0 amide bonds. The third-order valence-corrected chi connectivity index (χ3v) is 10.4. The Morgan fingerprint density at radius 1 is 1.19 bits per heavy atom. The lowest BCUT2D eigenvalue weighted by Crippen LogP contribution is -2.71. The minimum absolute atomic E-state index is 0.0555. The van der Waals surface area contributed by atoms with Crippen molar-refractivity contribution in [2.24, 2.45) is 22.2 Å². The molecule has 4 aliphatic carbocycles. The number of carbonyl (C=O) groups excluding carboxylic acids is 1. The van der Waals surface area contributed by atoms with E-state index in [1.807, 2.05) is 27.7 Å². The van der Waals surface area contributed by atoms with Crippen molar-refractivity contribution >= 4 is 31.8 Å². The predicted octanol–water partition coefficient (Wildman–Crippen LogP) is 4.24. The van der Waals surface area contributed by atoms with Crippen molar-refractivity contribution in [3.63, 3.8) is 0 Å². The van der Waals surface area contributed by atoms with Crippen molar-refractivity contribution < 1.29 is 26.9 Å². The number of ether oxygens (including phenoxy) is 2. The van der Waals surface area contributed by atoms with E-state index in [1.165, 1.54) is 19.2 Å². The van der Waals surface area contributed by atoms with E-state index in [4.69, 9.17) is 13.7 Å². The van der Waals surface area contributed by atoms with Crippen LogP contribution in [-0.4, -0.2) is 33.7 Å². The summed E-state index contributed by atoms with van der Waals surface area (Å²) in [6.45, 7) is 7.95. The minimum Gasteiger partial charge on any atom is -0.382 e. The molecule has 1 aromatic rings. The zero-order valence-electron chi connectivity index (χ0n) is 18.1. The number of rotatable bonds is 4. The lowest BCUT2D eigenvalue weighted by Gasteiger charge is -2.62. The number of Topliss-reactive ketones (excluding diaryl/α,β-unsaturated/α-hetero) is 1. The molecule has 1 aliphatic heterocycles. The van der Waals surface area contributed by atoms with E-state index in [2.05, 4.69) is 22.0 Å². The molecule has 6 nitrogen and oxygen atoms in total. The second kappa shape index (κ2) is 6.10. The molecule has 6 rings (SSSR count). The van der Waals surface area contributed by atoms with Gasteiger partial charge in [0.05, 0.1) is 16.5 Å². The summed E-state index contributed by atoms with van der Waals surface area (Å²) in [6.07, 6.45) is 2.82. The summed E-state index contributed by atoms with van der Waals surface area (Å²) in [5.41, 5.74) is -0.967. The Morgan fingerprint density at radius 2 is 1.84 bits per heavy atom. The van der Waals surface area contributed by atoms with Crippen LogP contribution in [0, 0.1) is 29.1 Å². The van der Waals surface area contributed by atoms with Crippen LogP contribution in [0.25, 0.3) is 0 Å². The molecule has 166 valence electrons. The highest BCUT2D eigenvalue weighted by molar-refractivity contribution is 9.11. The Hall–Kier alpha value is -1.48. The maximum atomic E-state index is 14.0. The standard InChI is InChI=1S/C23H25BrO6S/c1-13-6-9-15(10-7-13)31(26,27)30-18-17(24)22-14(2)8-11-16(22)20(3)12-29-23(28-5,19(22)25)21(18,20)4/h6-7,9-11,14H,8,12H2,1-5H3/t14-,20?,21?,22?,23?/m1/s1. The van der Waals surface area contributed by atoms with Gasteiger partial charge in [0.25, 0.3) is 0 Å². The summed E-state index contributed by atoms with van der Waals surface area (Å²) in [6, 6.07) is 6.49. The van der Waals surface area contributed by atoms with Crippen molar-refractivity contribution in [1.82, 2.24) is 0 Å². The monoisotopic (exact) mass is 508 g/mol. The van der Waals surface area contributed by atoms with Gasteiger partial charge in [0.2, 0.25) is 11.6 Å². The molecule has 1 aromatic carbocycles. The molecule has 0 aromatic heterocycles. The van der Waals surface area contributed by atoms with Crippen LogP contribution in [0.15, 0.2) is 51.1 Å². The first kappa shape index (κ1) is 21.4. The van der Waals surface area contributed by atoms with Gasteiger partial charge in [0.15, 0.2) is 0 Å². The molecule has 31 heavy (non-hydrogen) atoms. The topological polar surface area (TPSA) is 78.9 Å². The van der Waals surface area contributed by atoms with Crippen LogP contribution in [0.2, 0.25) is 0 Å². The van der Waals surface area contributed by atoms with Crippen LogP contribution in [0.5, 0.6) is 0 Å². The van der Waals surface area contributed by atoms with Gasteiger partial charge >= 0.3 is 10.1 Å². The molecule has 1 saturated carbocycles. The predicted molar refractivity (Wildman–Crippen MR) is 117 cm³/mol. The summed E-state index contributed by atoms with van der Waals surface area (Å²) < 4.78 is 44.9. The average Bonchev–Trinajstić information content (AvgIpc) is 3.17. The first-order valence-corrected chi connectivity index (χ1v) is 12.5. The number of benzene rings is 1. The van der Waals surface area contributed by atoms with Crippen LogP contribution in [0.1, 0.15) is 32.8 Å². The van der Waals surface area contributed by atoms with Crippen LogP contribution in [0.3, 0.4) is 0 Å². The molecule has 5 aliphatic rings. The normalized spacial score (nSPS) is 40.9. The molecular weight excluding hydrogens is 484 g/mol. The fraction of sp³-hybridized carbons (Fsp3) is 0.522. The van der Waals surface area contributed by atoms with Crippen molar-refractivity contribution in [3.8, 4) is 0 Å². The lowest BCUT2D eigenvalue weighted by molar-refractivity contribution is -0.247. The third-order valence-electron chi connectivity index (χ3n) is 8.21. The highest BCUT2D eigenvalue weighted by atomic mass is 79.9. The zero-order valence-corrected chi connectivity index (χ0v) is 20.5. The molecular formula is C23H25BrO6S. The Balaban J connectivity index is 1.78. The second-order valence-electron chi connectivity index (χ2n) is 9.45. The minimum atomic E-state index is -4.15. The molecule has 5 atom stereocenters. The summed E-state index contributed by atoms with van der Waals surface area (Å²) in [7, 11) is -2.71. The Morgan fingerprint density at radius 3 is 2.45 bits per heavy atom. The average molecular weight is 509 g/mol. The lowest BCUT2D eigenvalue weighted by atomic mass is 9.42. The van der Waals surface area contributed by atoms with E-state index in [-0.39, 0.29) is 29.0 Å². The third kappa shape index (κ3) is 2.07. The Bertz CT molecular complexity index is 1180. The van der Waals surface area contributed by atoms with E-state index in [0.29, 0.717) is 10.9 Å². The number of methoxy groups -OCH3 is 1. The van der Waals surface area contributed by atoms with Gasteiger partial charge < -0.3 is 13.7 Å². The van der Waals surface area contributed by atoms with Gasteiger partial charge in [-0.3, -0.25) is 4.79 Å². The molecule has 2 fully saturated rings. The van der Waals surface area contributed by atoms with E-state index >= 15 is 0 Å². The van der Waals surface area contributed by atoms with Gasteiger partial charge in [0, 0.05) is 12.5 Å². The van der Waals surface area contributed by atoms with E-state index < -0.39 is 32.2 Å². The smallest absolute Gasteiger partial charge is 0.338 e. The first-order chi connectivity index (χ1) is 14.4. The molecule has 8 heteroatoms. The number of hydrogen-bond donors (Lipinski definition) is 0. The first-order valence-electron chi connectivity index (χ1n) is 10.3. The number of aryl methyl sites for hydroxylation is 1. The fourth-order valence-corrected chi connectivity index (χ4v) is 8.68. The van der Waals surface area contributed by atoms with Gasteiger partial charge in [-0.1, -0.05) is 53.5 Å². The second-order valence-corrected chi connectivity index (χ2v) is 11.8. The Labute approximate surface area is 190 Å². The maximum absolute atomic E-state index is 14.0. The molecule has 0 N–H and O–H groups in total. The molecule has 1 saturated heterocycles. The molecule has 0 radical (unpaired) electrons. The summed E-state index contributed by atoms with van der Waals surface area (Å²) in [5, 5.41) is 0. The zero-order chi connectivity index (χ0) is 22.6. The number of allylic oxidation sites excluding steroid dienone is 2. The summed E-state index contributed by atoms with van der Waals surface area (Å²) >= 11 is 3.64. The van der Waals surface area contributed by atoms with E-state index in [1.54, 1.807) is 12.1 Å². The van der Waals surface area contributed by atoms with Crippen LogP contribution in [-0.2, 0) is 28.6 Å². The molecule has 4 unspecified atom stereocenters. The van der Waals surface area contributed by atoms with E-state index in [9.17, 15) is 13.2 Å². The van der Waals surface area contributed by atoms with E-state index in [0.717, 1.165) is 11.1 Å². The largest absolute Gasteiger partial charge is 0.382 e. The molecule has 4 bridgehead atoms. The van der Waals surface area contributed by atoms with Crippen LogP contribution in [0.4, 0.5) is 0 Å². The number of halogens is 1. The van der Waals surface area contributed by atoms with Crippen LogP contribution < -0.4 is 0 Å². The highest BCUT2D eigenvalue weighted by Gasteiger charge is 2.86. The van der Waals surface area contributed by atoms with Crippen molar-refractivity contribution in [3.05, 3.63) is 51.7 Å². The fourth-order valence-electron chi connectivity index (χ4n) is 6.27. The molecule has 1 heterocycles. The maximum Gasteiger partial charge on any atom is 0.338 e. The summed E-state index contributed by atoms with van der Waals surface area (Å²) in [4.78, 5) is 14.1. The quantitative estimate of drug-likeness (QED) is 0.447.